The van der Waals surface area contributed by atoms with Gasteiger partial charge < -0.3 is 10.8 Å². The largest absolute Gasteiger partial charge is 0.508 e. The summed E-state index contributed by atoms with van der Waals surface area (Å²) in [5.74, 6) is -0.104. The van der Waals surface area contributed by atoms with Crippen LogP contribution in [0.4, 0.5) is 0 Å². The number of carbonyl (C=O) groups excluding carboxylic acids is 1. The van der Waals surface area contributed by atoms with Crippen LogP contribution in [-0.2, 0) is 4.79 Å². The molecule has 1 fully saturated rings. The van der Waals surface area contributed by atoms with Gasteiger partial charge in [0, 0.05) is 5.56 Å². The molecule has 1 saturated carbocycles. The molecule has 1 unspecified atom stereocenters. The lowest BCUT2D eigenvalue weighted by Crippen LogP contribution is -2.39. The molecule has 1 atom stereocenters. The van der Waals surface area contributed by atoms with E-state index in [9.17, 15) is 14.7 Å². The minimum Gasteiger partial charge on any atom is -0.508 e. The van der Waals surface area contributed by atoms with Crippen molar-refractivity contribution in [3.8, 4) is 17.1 Å². The first-order chi connectivity index (χ1) is 13.1. The van der Waals surface area contributed by atoms with Crippen molar-refractivity contribution in [3.63, 3.8) is 0 Å². The van der Waals surface area contributed by atoms with Crippen molar-refractivity contribution in [2.24, 2.45) is 11.7 Å². The molecule has 0 radical (unpaired) electrons. The number of primary amides is 1. The predicted molar refractivity (Wildman–Crippen MR) is 103 cm³/mol. The van der Waals surface area contributed by atoms with E-state index in [2.05, 4.69) is 4.98 Å². The number of aromatic nitrogens is 2. The normalized spacial score (nSPS) is 15.9. The molecule has 138 valence electrons. The molecule has 1 aliphatic rings. The maximum absolute atomic E-state index is 13.4. The molecule has 1 heterocycles. The highest BCUT2D eigenvalue weighted by atomic mass is 16.3. The maximum Gasteiger partial charge on any atom is 0.262 e. The highest BCUT2D eigenvalue weighted by Crippen LogP contribution is 2.36. The third kappa shape index (κ3) is 3.07. The van der Waals surface area contributed by atoms with Gasteiger partial charge in [-0.15, -0.1) is 0 Å². The summed E-state index contributed by atoms with van der Waals surface area (Å²) < 4.78 is 1.44. The summed E-state index contributed by atoms with van der Waals surface area (Å²) in [6.07, 6.45) is 3.75. The molecule has 6 nitrogen and oxygen atoms in total. The number of rotatable bonds is 4. The second-order valence-electron chi connectivity index (χ2n) is 7.07. The number of hydrogen-bond donors (Lipinski definition) is 2. The molecule has 2 aromatic carbocycles. The van der Waals surface area contributed by atoms with E-state index in [1.165, 1.54) is 16.7 Å². The topological polar surface area (TPSA) is 98.2 Å². The lowest BCUT2D eigenvalue weighted by Gasteiger charge is -2.25. The van der Waals surface area contributed by atoms with Crippen molar-refractivity contribution >= 4 is 16.8 Å². The van der Waals surface area contributed by atoms with E-state index in [0.29, 0.717) is 11.3 Å². The van der Waals surface area contributed by atoms with Gasteiger partial charge in [-0.25, -0.2) is 4.98 Å². The lowest BCUT2D eigenvalue weighted by atomic mass is 9.96. The Morgan fingerprint density at radius 2 is 1.85 bits per heavy atom. The lowest BCUT2D eigenvalue weighted by molar-refractivity contribution is -0.122. The van der Waals surface area contributed by atoms with Gasteiger partial charge in [-0.2, -0.15) is 0 Å². The predicted octanol–water partition coefficient (Wildman–Crippen LogP) is 2.99. The first kappa shape index (κ1) is 17.3. The summed E-state index contributed by atoms with van der Waals surface area (Å²) in [5.41, 5.74) is 6.63. The van der Waals surface area contributed by atoms with Crippen LogP contribution in [0.15, 0.2) is 53.3 Å². The van der Waals surface area contributed by atoms with Gasteiger partial charge in [0.1, 0.15) is 17.6 Å². The zero-order valence-corrected chi connectivity index (χ0v) is 14.8. The van der Waals surface area contributed by atoms with Crippen molar-refractivity contribution in [1.82, 2.24) is 9.55 Å². The van der Waals surface area contributed by atoms with Gasteiger partial charge >= 0.3 is 0 Å². The Bertz CT molecular complexity index is 1050. The Morgan fingerprint density at radius 1 is 1.15 bits per heavy atom. The van der Waals surface area contributed by atoms with Crippen LogP contribution in [0, 0.1) is 5.92 Å². The standard InChI is InChI=1S/C21H21N3O3/c22-19(26)18(13-6-4-5-7-13)24-20(14-8-2-1-3-9-14)23-17-11-10-15(25)12-16(17)21(24)27/h1-3,8-13,18,25H,4-7H2,(H2,22,26). The molecule has 27 heavy (non-hydrogen) atoms. The smallest absolute Gasteiger partial charge is 0.262 e. The number of carbonyl (C=O) groups is 1. The SMILES string of the molecule is NC(=O)C(C1CCCC1)n1c(-c2ccccc2)nc2ccc(O)cc2c1=O. The Labute approximate surface area is 156 Å². The van der Waals surface area contributed by atoms with E-state index in [4.69, 9.17) is 5.73 Å². The van der Waals surface area contributed by atoms with E-state index in [0.717, 1.165) is 31.2 Å². The second-order valence-corrected chi connectivity index (χ2v) is 7.07. The molecule has 6 heteroatoms. The van der Waals surface area contributed by atoms with Crippen LogP contribution in [0.25, 0.3) is 22.3 Å². The van der Waals surface area contributed by atoms with Crippen molar-refractivity contribution in [1.29, 1.82) is 0 Å². The maximum atomic E-state index is 13.4. The number of nitrogens with zero attached hydrogens (tertiary/aromatic N) is 2. The molecular formula is C21H21N3O3. The summed E-state index contributed by atoms with van der Waals surface area (Å²) in [4.78, 5) is 30.5. The van der Waals surface area contributed by atoms with E-state index in [1.54, 1.807) is 6.07 Å². The number of phenols is 1. The summed E-state index contributed by atoms with van der Waals surface area (Å²) in [7, 11) is 0. The van der Waals surface area contributed by atoms with Crippen molar-refractivity contribution < 1.29 is 9.90 Å². The third-order valence-electron chi connectivity index (χ3n) is 5.33. The first-order valence-electron chi connectivity index (χ1n) is 9.16. The zero-order valence-electron chi connectivity index (χ0n) is 14.8. The van der Waals surface area contributed by atoms with Gasteiger partial charge in [0.05, 0.1) is 10.9 Å². The fourth-order valence-corrected chi connectivity index (χ4v) is 4.08. The second kappa shape index (κ2) is 6.87. The zero-order chi connectivity index (χ0) is 19.0. The fourth-order valence-electron chi connectivity index (χ4n) is 4.08. The molecule has 1 aliphatic carbocycles. The Hall–Kier alpha value is -3.15. The molecule has 0 saturated heterocycles. The Balaban J connectivity index is 2.05. The van der Waals surface area contributed by atoms with E-state index < -0.39 is 11.9 Å². The van der Waals surface area contributed by atoms with E-state index >= 15 is 0 Å². The molecule has 1 aromatic heterocycles. The summed E-state index contributed by atoms with van der Waals surface area (Å²) in [6.45, 7) is 0. The van der Waals surface area contributed by atoms with Crippen LogP contribution < -0.4 is 11.3 Å². The molecule has 3 N–H and O–H groups in total. The first-order valence-corrected chi connectivity index (χ1v) is 9.16. The van der Waals surface area contributed by atoms with E-state index in [-0.39, 0.29) is 22.6 Å². The molecule has 0 bridgehead atoms. The van der Waals surface area contributed by atoms with Crippen LogP contribution in [0.3, 0.4) is 0 Å². The average Bonchev–Trinajstić information content (AvgIpc) is 3.19. The minimum atomic E-state index is -0.755. The van der Waals surface area contributed by atoms with Gasteiger partial charge in [0.15, 0.2) is 0 Å². The van der Waals surface area contributed by atoms with Crippen molar-refractivity contribution in [2.45, 2.75) is 31.7 Å². The van der Waals surface area contributed by atoms with Crippen LogP contribution in [0.5, 0.6) is 5.75 Å². The number of benzene rings is 2. The minimum absolute atomic E-state index is 0.0132. The van der Waals surface area contributed by atoms with E-state index in [1.807, 2.05) is 30.3 Å². The highest BCUT2D eigenvalue weighted by Gasteiger charge is 2.33. The van der Waals surface area contributed by atoms with Gasteiger partial charge in [0.25, 0.3) is 5.56 Å². The summed E-state index contributed by atoms with van der Waals surface area (Å²) >= 11 is 0. The molecule has 0 aliphatic heterocycles. The molecule has 3 aromatic rings. The quantitative estimate of drug-likeness (QED) is 0.744. The number of nitrogens with two attached hydrogens (primary N) is 1. The Morgan fingerprint density at radius 3 is 2.52 bits per heavy atom. The fraction of sp³-hybridized carbons (Fsp3) is 0.286. The van der Waals surface area contributed by atoms with Gasteiger partial charge in [-0.1, -0.05) is 43.2 Å². The molecule has 1 amide bonds. The number of amides is 1. The van der Waals surface area contributed by atoms with Crippen LogP contribution in [0.2, 0.25) is 0 Å². The van der Waals surface area contributed by atoms with Crippen LogP contribution in [0.1, 0.15) is 31.7 Å². The monoisotopic (exact) mass is 363 g/mol. The molecule has 0 spiro atoms. The molecular weight excluding hydrogens is 342 g/mol. The average molecular weight is 363 g/mol. The third-order valence-corrected chi connectivity index (χ3v) is 5.33. The van der Waals surface area contributed by atoms with Crippen molar-refractivity contribution in [3.05, 3.63) is 58.9 Å². The number of hydrogen-bond acceptors (Lipinski definition) is 4. The van der Waals surface area contributed by atoms with Gasteiger partial charge in [-0.05, 0) is 37.0 Å². The van der Waals surface area contributed by atoms with Crippen LogP contribution >= 0.6 is 0 Å². The summed E-state index contributed by atoms with van der Waals surface area (Å²) in [6, 6.07) is 13.1. The summed E-state index contributed by atoms with van der Waals surface area (Å²) in [5, 5.41) is 10.1. The molecule has 4 rings (SSSR count). The Kier molecular flexibility index (Phi) is 4.39. The van der Waals surface area contributed by atoms with Gasteiger partial charge in [0.2, 0.25) is 5.91 Å². The number of aromatic hydroxyl groups is 1. The highest BCUT2D eigenvalue weighted by molar-refractivity contribution is 5.84. The number of phenolic OH excluding ortho intramolecular Hbond substituents is 1. The van der Waals surface area contributed by atoms with Crippen LogP contribution in [-0.4, -0.2) is 20.6 Å². The van der Waals surface area contributed by atoms with Gasteiger partial charge in [-0.3, -0.25) is 14.2 Å². The van der Waals surface area contributed by atoms with Crippen molar-refractivity contribution in [2.75, 3.05) is 0 Å². The number of fused-ring (bicyclic) bond motifs is 1.